The molecule has 0 saturated carbocycles. The zero-order chi connectivity index (χ0) is 11.4. The van der Waals surface area contributed by atoms with Gasteiger partial charge in [-0.05, 0) is 52.1 Å². The second-order valence-electron chi connectivity index (χ2n) is 5.63. The minimum absolute atomic E-state index is 0.0741. The van der Waals surface area contributed by atoms with Crippen LogP contribution in [0.2, 0.25) is 0 Å². The molecular weight excluding hydrogens is 203 g/mol. The molecule has 0 aromatic heterocycles. The Morgan fingerprint density at radius 2 is 1.75 bits per heavy atom. The van der Waals surface area contributed by atoms with Crippen molar-refractivity contribution in [3.8, 4) is 0 Å². The molecule has 0 bridgehead atoms. The fourth-order valence-corrected chi connectivity index (χ4v) is 3.09. The molecule has 2 rings (SSSR count). The topological polar surface area (TPSA) is 24.1 Å². The van der Waals surface area contributed by atoms with Crippen LogP contribution in [0.3, 0.4) is 0 Å². The van der Waals surface area contributed by atoms with E-state index < -0.39 is 5.67 Å². The SMILES string of the molecule is CC(F)(CC1CCCCN1)C1CCCCN1. The molecule has 2 saturated heterocycles. The van der Waals surface area contributed by atoms with Crippen molar-refractivity contribution in [1.29, 1.82) is 0 Å². The van der Waals surface area contributed by atoms with Gasteiger partial charge in [-0.25, -0.2) is 4.39 Å². The van der Waals surface area contributed by atoms with Gasteiger partial charge in [0.2, 0.25) is 0 Å². The highest BCUT2D eigenvalue weighted by molar-refractivity contribution is 4.94. The monoisotopic (exact) mass is 228 g/mol. The van der Waals surface area contributed by atoms with E-state index in [0.717, 1.165) is 25.9 Å². The maximum Gasteiger partial charge on any atom is 0.124 e. The van der Waals surface area contributed by atoms with Gasteiger partial charge in [-0.1, -0.05) is 12.8 Å². The van der Waals surface area contributed by atoms with E-state index in [4.69, 9.17) is 0 Å². The van der Waals surface area contributed by atoms with Crippen LogP contribution in [-0.4, -0.2) is 30.8 Å². The number of rotatable bonds is 3. The molecule has 0 radical (unpaired) electrons. The number of halogens is 1. The standard InChI is InChI=1S/C13H25FN2/c1-13(14,12-7-3-5-9-16-12)10-11-6-2-4-8-15-11/h11-12,15-16H,2-10H2,1H3. The number of nitrogens with one attached hydrogen (secondary N) is 2. The Bertz CT molecular complexity index is 206. The van der Waals surface area contributed by atoms with Crippen LogP contribution in [0.4, 0.5) is 4.39 Å². The highest BCUT2D eigenvalue weighted by atomic mass is 19.1. The van der Waals surface area contributed by atoms with Gasteiger partial charge >= 0.3 is 0 Å². The van der Waals surface area contributed by atoms with Crippen LogP contribution in [0.1, 0.15) is 51.9 Å². The van der Waals surface area contributed by atoms with Crippen molar-refractivity contribution in [2.75, 3.05) is 13.1 Å². The van der Waals surface area contributed by atoms with E-state index >= 15 is 0 Å². The lowest BCUT2D eigenvalue weighted by Crippen LogP contribution is -2.51. The van der Waals surface area contributed by atoms with Crippen molar-refractivity contribution in [2.45, 2.75) is 69.6 Å². The van der Waals surface area contributed by atoms with Crippen LogP contribution in [0.15, 0.2) is 0 Å². The summed E-state index contributed by atoms with van der Waals surface area (Å²) in [6, 6.07) is 0.470. The number of alkyl halides is 1. The Morgan fingerprint density at radius 1 is 1.06 bits per heavy atom. The second-order valence-corrected chi connectivity index (χ2v) is 5.63. The Balaban J connectivity index is 1.84. The van der Waals surface area contributed by atoms with Gasteiger partial charge in [0.25, 0.3) is 0 Å². The summed E-state index contributed by atoms with van der Waals surface area (Å²) in [6.45, 7) is 3.84. The van der Waals surface area contributed by atoms with Gasteiger partial charge in [0.15, 0.2) is 0 Å². The largest absolute Gasteiger partial charge is 0.314 e. The molecule has 2 aliphatic heterocycles. The molecule has 2 aliphatic rings. The molecule has 16 heavy (non-hydrogen) atoms. The molecule has 3 atom stereocenters. The van der Waals surface area contributed by atoms with Crippen LogP contribution >= 0.6 is 0 Å². The van der Waals surface area contributed by atoms with Gasteiger partial charge < -0.3 is 10.6 Å². The smallest absolute Gasteiger partial charge is 0.124 e. The Hall–Kier alpha value is -0.150. The maximum atomic E-state index is 14.7. The van der Waals surface area contributed by atoms with E-state index in [1.807, 2.05) is 0 Å². The summed E-state index contributed by atoms with van der Waals surface area (Å²) in [5, 5.41) is 6.79. The summed E-state index contributed by atoms with van der Waals surface area (Å²) in [4.78, 5) is 0. The van der Waals surface area contributed by atoms with Crippen LogP contribution in [-0.2, 0) is 0 Å². The Labute approximate surface area is 98.4 Å². The first-order chi connectivity index (χ1) is 7.68. The minimum Gasteiger partial charge on any atom is -0.314 e. The van der Waals surface area contributed by atoms with E-state index in [-0.39, 0.29) is 6.04 Å². The summed E-state index contributed by atoms with van der Waals surface area (Å²) in [5.74, 6) is 0. The van der Waals surface area contributed by atoms with Crippen molar-refractivity contribution in [3.63, 3.8) is 0 Å². The quantitative estimate of drug-likeness (QED) is 0.775. The van der Waals surface area contributed by atoms with Crippen LogP contribution in [0.25, 0.3) is 0 Å². The highest BCUT2D eigenvalue weighted by Crippen LogP contribution is 2.29. The van der Waals surface area contributed by atoms with Crippen LogP contribution in [0, 0.1) is 0 Å². The van der Waals surface area contributed by atoms with E-state index in [0.29, 0.717) is 12.5 Å². The van der Waals surface area contributed by atoms with E-state index in [1.165, 1.54) is 25.7 Å². The lowest BCUT2D eigenvalue weighted by atomic mass is 9.84. The molecule has 2 N–H and O–H groups in total. The molecule has 94 valence electrons. The third kappa shape index (κ3) is 3.17. The van der Waals surface area contributed by atoms with Gasteiger partial charge in [-0.15, -0.1) is 0 Å². The first kappa shape index (κ1) is 12.3. The van der Waals surface area contributed by atoms with E-state index in [9.17, 15) is 4.39 Å². The van der Waals surface area contributed by atoms with Gasteiger partial charge in [0, 0.05) is 12.1 Å². The second kappa shape index (κ2) is 5.46. The lowest BCUT2D eigenvalue weighted by molar-refractivity contribution is 0.0812. The zero-order valence-electron chi connectivity index (χ0n) is 10.4. The third-order valence-corrected chi connectivity index (χ3v) is 4.09. The fourth-order valence-electron chi connectivity index (χ4n) is 3.09. The lowest BCUT2D eigenvalue weighted by Gasteiger charge is -2.37. The summed E-state index contributed by atoms with van der Waals surface area (Å²) in [7, 11) is 0. The summed E-state index contributed by atoms with van der Waals surface area (Å²) in [6.07, 6.45) is 7.70. The molecule has 2 fully saturated rings. The molecule has 2 heterocycles. The van der Waals surface area contributed by atoms with Crippen molar-refractivity contribution in [2.24, 2.45) is 0 Å². The number of piperidine rings is 2. The predicted molar refractivity (Wildman–Crippen MR) is 65.4 cm³/mol. The normalized spacial score (nSPS) is 35.6. The van der Waals surface area contributed by atoms with Crippen molar-refractivity contribution >= 4 is 0 Å². The van der Waals surface area contributed by atoms with Crippen LogP contribution < -0.4 is 10.6 Å². The van der Waals surface area contributed by atoms with Crippen LogP contribution in [0.5, 0.6) is 0 Å². The molecule has 0 aromatic rings. The first-order valence-electron chi connectivity index (χ1n) is 6.84. The first-order valence-corrected chi connectivity index (χ1v) is 6.84. The summed E-state index contributed by atoms with van der Waals surface area (Å²) in [5.41, 5.74) is -1.05. The molecule has 0 aromatic carbocycles. The molecule has 2 nitrogen and oxygen atoms in total. The number of hydrogen-bond donors (Lipinski definition) is 2. The van der Waals surface area contributed by atoms with E-state index in [1.54, 1.807) is 6.92 Å². The average molecular weight is 228 g/mol. The van der Waals surface area contributed by atoms with Gasteiger partial charge in [-0.3, -0.25) is 0 Å². The highest BCUT2D eigenvalue weighted by Gasteiger charge is 2.37. The van der Waals surface area contributed by atoms with Crippen molar-refractivity contribution < 1.29 is 4.39 Å². The predicted octanol–water partition coefficient (Wildman–Crippen LogP) is 2.39. The molecule has 0 spiro atoms. The van der Waals surface area contributed by atoms with Gasteiger partial charge in [0.1, 0.15) is 5.67 Å². The molecule has 0 aliphatic carbocycles. The zero-order valence-corrected chi connectivity index (χ0v) is 10.4. The molecule has 3 unspecified atom stereocenters. The molecular formula is C13H25FN2. The van der Waals surface area contributed by atoms with Gasteiger partial charge in [-0.2, -0.15) is 0 Å². The minimum atomic E-state index is -1.05. The summed E-state index contributed by atoms with van der Waals surface area (Å²) >= 11 is 0. The van der Waals surface area contributed by atoms with Gasteiger partial charge in [0.05, 0.1) is 0 Å². The maximum absolute atomic E-state index is 14.7. The molecule has 0 amide bonds. The fraction of sp³-hybridized carbons (Fsp3) is 1.00. The third-order valence-electron chi connectivity index (χ3n) is 4.09. The Kier molecular flexibility index (Phi) is 4.20. The van der Waals surface area contributed by atoms with Crippen molar-refractivity contribution in [3.05, 3.63) is 0 Å². The molecule has 3 heteroatoms. The number of hydrogen-bond acceptors (Lipinski definition) is 2. The van der Waals surface area contributed by atoms with E-state index in [2.05, 4.69) is 10.6 Å². The Morgan fingerprint density at radius 3 is 2.31 bits per heavy atom. The summed E-state index contributed by atoms with van der Waals surface area (Å²) < 4.78 is 14.7. The van der Waals surface area contributed by atoms with Crippen molar-refractivity contribution in [1.82, 2.24) is 10.6 Å². The average Bonchev–Trinajstić information content (AvgIpc) is 2.31.